The van der Waals surface area contributed by atoms with E-state index in [-0.39, 0.29) is 16.1 Å². The Morgan fingerprint density at radius 1 is 1.08 bits per heavy atom. The first-order chi connectivity index (χ1) is 12.0. The Morgan fingerprint density at radius 2 is 1.73 bits per heavy atom. The van der Waals surface area contributed by atoms with E-state index in [1.807, 2.05) is 0 Å². The molecule has 0 aliphatic carbocycles. The van der Waals surface area contributed by atoms with Crippen LogP contribution in [0.15, 0.2) is 51.9 Å². The Kier molecular flexibility index (Phi) is 5.67. The number of benzene rings is 1. The Bertz CT molecular complexity index is 1030. The number of pyridine rings is 1. The van der Waals surface area contributed by atoms with Gasteiger partial charge in [0.1, 0.15) is 10.7 Å². The van der Waals surface area contributed by atoms with E-state index in [1.165, 1.54) is 36.9 Å². The minimum Gasteiger partial charge on any atom is -0.363 e. The standard InChI is InChI=1S/C16H20N4O4S2/c1-20(2)15-10-9-12(11-17-15)26(23,24)18-14-8-6-5-7-13(14)16(21)19-25(3,4)22/h5-11,18H,1-4H3. The number of amides is 1. The van der Waals surface area contributed by atoms with Crippen molar-refractivity contribution in [1.29, 1.82) is 0 Å². The van der Waals surface area contributed by atoms with Crippen molar-refractivity contribution in [3.05, 3.63) is 48.2 Å². The van der Waals surface area contributed by atoms with Gasteiger partial charge >= 0.3 is 0 Å². The number of hydrogen-bond acceptors (Lipinski definition) is 6. The van der Waals surface area contributed by atoms with Crippen LogP contribution in [0, 0.1) is 0 Å². The lowest BCUT2D eigenvalue weighted by Crippen LogP contribution is -2.16. The Hall–Kier alpha value is -2.46. The molecule has 1 heterocycles. The lowest BCUT2D eigenvalue weighted by molar-refractivity contribution is 0.101. The number of carbonyl (C=O) groups is 1. The number of nitrogens with zero attached hydrogens (tertiary/aromatic N) is 3. The molecule has 1 aromatic heterocycles. The van der Waals surface area contributed by atoms with Crippen LogP contribution < -0.4 is 9.62 Å². The molecular weight excluding hydrogens is 376 g/mol. The number of anilines is 2. The molecule has 0 atom stereocenters. The summed E-state index contributed by atoms with van der Waals surface area (Å²) in [5, 5.41) is 0. The van der Waals surface area contributed by atoms with Gasteiger partial charge in [0.05, 0.1) is 11.3 Å². The SMILES string of the molecule is CN(C)c1ccc(S(=O)(=O)Nc2ccccc2C(=O)N=S(C)(C)=O)cn1. The highest BCUT2D eigenvalue weighted by Gasteiger charge is 2.19. The van der Waals surface area contributed by atoms with Crippen molar-refractivity contribution in [2.75, 3.05) is 36.2 Å². The molecule has 0 aliphatic heterocycles. The molecule has 26 heavy (non-hydrogen) atoms. The zero-order chi connectivity index (χ0) is 19.5. The van der Waals surface area contributed by atoms with Gasteiger partial charge in [0.15, 0.2) is 0 Å². The van der Waals surface area contributed by atoms with Crippen LogP contribution in [0.5, 0.6) is 0 Å². The molecule has 0 fully saturated rings. The molecule has 1 aromatic carbocycles. The number of sulfonamides is 1. The van der Waals surface area contributed by atoms with Gasteiger partial charge in [-0.05, 0) is 24.3 Å². The molecule has 0 radical (unpaired) electrons. The fraction of sp³-hybridized carbons (Fsp3) is 0.250. The summed E-state index contributed by atoms with van der Waals surface area (Å²) >= 11 is 0. The summed E-state index contributed by atoms with van der Waals surface area (Å²) in [6.45, 7) is 0. The van der Waals surface area contributed by atoms with Crippen molar-refractivity contribution in [2.24, 2.45) is 4.36 Å². The topological polar surface area (TPSA) is 109 Å². The van der Waals surface area contributed by atoms with Crippen LogP contribution in [0.1, 0.15) is 10.4 Å². The second-order valence-corrected chi connectivity index (χ2v) is 10.2. The monoisotopic (exact) mass is 396 g/mol. The number of aromatic nitrogens is 1. The van der Waals surface area contributed by atoms with Crippen molar-refractivity contribution in [3.8, 4) is 0 Å². The van der Waals surface area contributed by atoms with E-state index in [2.05, 4.69) is 14.1 Å². The van der Waals surface area contributed by atoms with E-state index in [1.54, 1.807) is 37.2 Å². The van der Waals surface area contributed by atoms with Crippen LogP contribution in [-0.4, -0.2) is 50.1 Å². The third-order valence-electron chi connectivity index (χ3n) is 3.19. The molecule has 0 saturated heterocycles. The first-order valence-corrected chi connectivity index (χ1v) is 11.3. The predicted octanol–water partition coefficient (Wildman–Crippen LogP) is 1.82. The summed E-state index contributed by atoms with van der Waals surface area (Å²) < 4.78 is 42.9. The number of para-hydroxylation sites is 1. The highest BCUT2D eigenvalue weighted by atomic mass is 32.2. The Labute approximate surface area is 153 Å². The highest BCUT2D eigenvalue weighted by Crippen LogP contribution is 2.21. The third kappa shape index (κ3) is 5.02. The van der Waals surface area contributed by atoms with Crippen molar-refractivity contribution in [3.63, 3.8) is 0 Å². The fourth-order valence-electron chi connectivity index (χ4n) is 2.01. The van der Waals surface area contributed by atoms with Crippen molar-refractivity contribution in [2.45, 2.75) is 4.90 Å². The molecule has 0 unspecified atom stereocenters. The molecule has 140 valence electrons. The van der Waals surface area contributed by atoms with Crippen molar-refractivity contribution < 1.29 is 17.4 Å². The minimum atomic E-state index is -3.95. The molecule has 0 bridgehead atoms. The van der Waals surface area contributed by atoms with Crippen molar-refractivity contribution >= 4 is 37.2 Å². The molecule has 0 aliphatic rings. The number of rotatable bonds is 5. The van der Waals surface area contributed by atoms with E-state index in [0.717, 1.165) is 0 Å². The van der Waals surface area contributed by atoms with Gasteiger partial charge in [0, 0.05) is 42.5 Å². The second-order valence-electron chi connectivity index (χ2n) is 5.98. The maximum atomic E-state index is 12.6. The normalized spacial score (nSPS) is 11.7. The highest BCUT2D eigenvalue weighted by molar-refractivity contribution is 7.93. The zero-order valence-corrected chi connectivity index (χ0v) is 16.5. The van der Waals surface area contributed by atoms with Gasteiger partial charge in [-0.15, -0.1) is 0 Å². The smallest absolute Gasteiger partial charge is 0.287 e. The molecule has 1 N–H and O–H groups in total. The second kappa shape index (κ2) is 7.42. The summed E-state index contributed by atoms with van der Waals surface area (Å²) in [5.74, 6) is -0.140. The molecule has 8 nitrogen and oxygen atoms in total. The van der Waals surface area contributed by atoms with Gasteiger partial charge in [-0.2, -0.15) is 4.36 Å². The summed E-state index contributed by atoms with van der Waals surface area (Å²) in [6, 6.07) is 9.00. The molecule has 2 rings (SSSR count). The summed E-state index contributed by atoms with van der Waals surface area (Å²) in [5.41, 5.74) is 0.0759. The first-order valence-electron chi connectivity index (χ1n) is 7.46. The van der Waals surface area contributed by atoms with Crippen LogP contribution in [0.2, 0.25) is 0 Å². The zero-order valence-electron chi connectivity index (χ0n) is 14.8. The Morgan fingerprint density at radius 3 is 2.27 bits per heavy atom. The molecule has 10 heteroatoms. The molecule has 0 spiro atoms. The van der Waals surface area contributed by atoms with E-state index < -0.39 is 25.7 Å². The fourth-order valence-corrected chi connectivity index (χ4v) is 3.53. The van der Waals surface area contributed by atoms with E-state index in [0.29, 0.717) is 5.82 Å². The minimum absolute atomic E-state index is 0.0189. The van der Waals surface area contributed by atoms with Crippen LogP contribution >= 0.6 is 0 Å². The van der Waals surface area contributed by atoms with Gasteiger partial charge < -0.3 is 4.90 Å². The summed E-state index contributed by atoms with van der Waals surface area (Å²) in [7, 11) is -3.03. The molecular formula is C16H20N4O4S2. The maximum Gasteiger partial charge on any atom is 0.287 e. The number of hydrogen-bond donors (Lipinski definition) is 1. The van der Waals surface area contributed by atoms with Gasteiger partial charge in [-0.1, -0.05) is 12.1 Å². The summed E-state index contributed by atoms with van der Waals surface area (Å²) in [4.78, 5) is 18.0. The van der Waals surface area contributed by atoms with Gasteiger partial charge in [0.2, 0.25) is 0 Å². The number of nitrogens with one attached hydrogen (secondary N) is 1. The lowest BCUT2D eigenvalue weighted by Gasteiger charge is -2.13. The van der Waals surface area contributed by atoms with E-state index >= 15 is 0 Å². The van der Waals surface area contributed by atoms with Gasteiger partial charge in [-0.3, -0.25) is 9.52 Å². The van der Waals surface area contributed by atoms with E-state index in [9.17, 15) is 17.4 Å². The molecule has 0 saturated carbocycles. The van der Waals surface area contributed by atoms with Gasteiger partial charge in [0.25, 0.3) is 15.9 Å². The average molecular weight is 396 g/mol. The molecule has 2 aromatic rings. The predicted molar refractivity (Wildman–Crippen MR) is 103 cm³/mol. The van der Waals surface area contributed by atoms with Crippen LogP contribution in [0.3, 0.4) is 0 Å². The van der Waals surface area contributed by atoms with Crippen molar-refractivity contribution in [1.82, 2.24) is 4.98 Å². The average Bonchev–Trinajstić information content (AvgIpc) is 2.53. The summed E-state index contributed by atoms with van der Waals surface area (Å²) in [6.07, 6.45) is 3.89. The van der Waals surface area contributed by atoms with Crippen LogP contribution in [0.4, 0.5) is 11.5 Å². The maximum absolute atomic E-state index is 12.6. The largest absolute Gasteiger partial charge is 0.363 e. The third-order valence-corrected chi connectivity index (χ3v) is 5.15. The van der Waals surface area contributed by atoms with Crippen LogP contribution in [-0.2, 0) is 19.8 Å². The quantitative estimate of drug-likeness (QED) is 0.826. The lowest BCUT2D eigenvalue weighted by atomic mass is 10.2. The molecule has 1 amide bonds. The van der Waals surface area contributed by atoms with E-state index in [4.69, 9.17) is 0 Å². The van der Waals surface area contributed by atoms with Crippen LogP contribution in [0.25, 0.3) is 0 Å². The number of carbonyl (C=O) groups excluding carboxylic acids is 1. The first kappa shape index (κ1) is 19.9. The van der Waals surface area contributed by atoms with Gasteiger partial charge in [-0.25, -0.2) is 17.6 Å². The Balaban J connectivity index is 2.39.